The lowest BCUT2D eigenvalue weighted by atomic mass is 10.1. The zero-order valence-corrected chi connectivity index (χ0v) is 11.0. The van der Waals surface area contributed by atoms with Crippen LogP contribution in [0, 0.1) is 17.0 Å². The summed E-state index contributed by atoms with van der Waals surface area (Å²) in [4.78, 5) is 14.4. The maximum absolute atomic E-state index is 10.8. The number of halogens is 1. The van der Waals surface area contributed by atoms with Crippen LogP contribution in [-0.2, 0) is 6.54 Å². The highest BCUT2D eigenvalue weighted by Crippen LogP contribution is 2.20. The summed E-state index contributed by atoms with van der Waals surface area (Å²) in [6.07, 6.45) is 1.62. The van der Waals surface area contributed by atoms with Gasteiger partial charge in [0.2, 0.25) is 0 Å². The fourth-order valence-electron chi connectivity index (χ4n) is 1.65. The molecule has 0 saturated heterocycles. The van der Waals surface area contributed by atoms with E-state index in [0.717, 1.165) is 11.3 Å². The molecule has 1 aromatic heterocycles. The van der Waals surface area contributed by atoms with Crippen molar-refractivity contribution in [3.63, 3.8) is 0 Å². The second-order valence-electron chi connectivity index (χ2n) is 4.10. The van der Waals surface area contributed by atoms with Crippen molar-refractivity contribution >= 4 is 23.0 Å². The molecule has 98 valence electrons. The minimum absolute atomic E-state index is 0.133. The zero-order valence-electron chi connectivity index (χ0n) is 10.3. The van der Waals surface area contributed by atoms with Gasteiger partial charge >= 0.3 is 0 Å². The van der Waals surface area contributed by atoms with E-state index in [9.17, 15) is 10.1 Å². The lowest BCUT2D eigenvalue weighted by Gasteiger charge is -2.07. The Kier molecular flexibility index (Phi) is 3.97. The summed E-state index contributed by atoms with van der Waals surface area (Å²) in [6, 6.07) is 8.67. The molecule has 0 aliphatic rings. The van der Waals surface area contributed by atoms with Crippen LogP contribution in [0.4, 0.5) is 11.4 Å². The number of nitro groups is 1. The molecule has 6 heteroatoms. The summed E-state index contributed by atoms with van der Waals surface area (Å²) in [6.45, 7) is 2.21. The highest BCUT2D eigenvalue weighted by atomic mass is 35.5. The van der Waals surface area contributed by atoms with Gasteiger partial charge in [0.15, 0.2) is 0 Å². The molecule has 0 bridgehead atoms. The Bertz CT molecular complexity index is 599. The summed E-state index contributed by atoms with van der Waals surface area (Å²) in [5.74, 6) is 0. The third-order valence-corrected chi connectivity index (χ3v) is 2.92. The molecule has 1 N–H and O–H groups in total. The Balaban J connectivity index is 2.09. The molecular formula is C13H12ClN3O2. The van der Waals surface area contributed by atoms with E-state index in [2.05, 4.69) is 10.3 Å². The molecule has 0 fully saturated rings. The molecule has 2 aromatic rings. The molecule has 0 unspecified atom stereocenters. The van der Waals surface area contributed by atoms with Gasteiger partial charge in [-0.3, -0.25) is 10.1 Å². The largest absolute Gasteiger partial charge is 0.380 e. The first-order chi connectivity index (χ1) is 9.06. The van der Waals surface area contributed by atoms with E-state index in [1.54, 1.807) is 37.4 Å². The molecule has 5 nitrogen and oxygen atoms in total. The standard InChI is InChI=1S/C13H12ClN3O2/c1-9-2-3-10(6-12(9)17(18)19)7-15-11-4-5-13(14)16-8-11/h2-6,8,15H,7H2,1H3. The molecule has 0 amide bonds. The lowest BCUT2D eigenvalue weighted by molar-refractivity contribution is -0.385. The van der Waals surface area contributed by atoms with Crippen molar-refractivity contribution in [2.75, 3.05) is 5.32 Å². The number of rotatable bonds is 4. The van der Waals surface area contributed by atoms with Crippen LogP contribution in [0.5, 0.6) is 0 Å². The Hall–Kier alpha value is -2.14. The van der Waals surface area contributed by atoms with Gasteiger partial charge in [0.1, 0.15) is 5.15 Å². The van der Waals surface area contributed by atoms with Crippen LogP contribution in [0.3, 0.4) is 0 Å². The minimum atomic E-state index is -0.372. The average molecular weight is 278 g/mol. The monoisotopic (exact) mass is 277 g/mol. The molecule has 2 rings (SSSR count). The molecule has 0 atom stereocenters. The number of benzene rings is 1. The minimum Gasteiger partial charge on any atom is -0.380 e. The van der Waals surface area contributed by atoms with Crippen LogP contribution < -0.4 is 5.32 Å². The summed E-state index contributed by atoms with van der Waals surface area (Å²) < 4.78 is 0. The van der Waals surface area contributed by atoms with Crippen molar-refractivity contribution in [3.05, 3.63) is 62.9 Å². The number of nitro benzene ring substituents is 1. The Labute approximate surface area is 115 Å². The van der Waals surface area contributed by atoms with Gasteiger partial charge < -0.3 is 5.32 Å². The average Bonchev–Trinajstić information content (AvgIpc) is 2.39. The molecule has 0 radical (unpaired) electrons. The van der Waals surface area contributed by atoms with Crippen LogP contribution in [0.25, 0.3) is 0 Å². The van der Waals surface area contributed by atoms with E-state index in [4.69, 9.17) is 11.6 Å². The van der Waals surface area contributed by atoms with E-state index in [-0.39, 0.29) is 10.6 Å². The molecule has 0 aliphatic heterocycles. The van der Waals surface area contributed by atoms with Crippen LogP contribution in [0.2, 0.25) is 5.15 Å². The number of pyridine rings is 1. The molecular weight excluding hydrogens is 266 g/mol. The van der Waals surface area contributed by atoms with Crippen LogP contribution in [0.15, 0.2) is 36.5 Å². The van der Waals surface area contributed by atoms with Crippen molar-refractivity contribution in [1.29, 1.82) is 0 Å². The van der Waals surface area contributed by atoms with Crippen LogP contribution in [0.1, 0.15) is 11.1 Å². The topological polar surface area (TPSA) is 68.1 Å². The predicted molar refractivity (Wildman–Crippen MR) is 74.4 cm³/mol. The zero-order chi connectivity index (χ0) is 13.8. The van der Waals surface area contributed by atoms with Gasteiger partial charge in [-0.05, 0) is 24.6 Å². The lowest BCUT2D eigenvalue weighted by Crippen LogP contribution is -2.01. The maximum atomic E-state index is 10.8. The highest BCUT2D eigenvalue weighted by Gasteiger charge is 2.10. The fourth-order valence-corrected chi connectivity index (χ4v) is 1.76. The molecule has 0 saturated carbocycles. The van der Waals surface area contributed by atoms with Crippen molar-refractivity contribution in [2.45, 2.75) is 13.5 Å². The van der Waals surface area contributed by atoms with Gasteiger partial charge in [0.25, 0.3) is 5.69 Å². The smallest absolute Gasteiger partial charge is 0.272 e. The molecule has 0 aliphatic carbocycles. The van der Waals surface area contributed by atoms with Crippen molar-refractivity contribution in [1.82, 2.24) is 4.98 Å². The second kappa shape index (κ2) is 5.67. The van der Waals surface area contributed by atoms with Crippen molar-refractivity contribution in [2.24, 2.45) is 0 Å². The summed E-state index contributed by atoms with van der Waals surface area (Å²) in [5.41, 5.74) is 2.44. The first-order valence-corrected chi connectivity index (χ1v) is 6.03. The number of nitrogens with zero attached hydrogens (tertiary/aromatic N) is 2. The van der Waals surface area contributed by atoms with E-state index < -0.39 is 0 Å². The van der Waals surface area contributed by atoms with Gasteiger partial charge in [0.05, 0.1) is 16.8 Å². The van der Waals surface area contributed by atoms with Gasteiger partial charge in [-0.2, -0.15) is 0 Å². The molecule has 19 heavy (non-hydrogen) atoms. The van der Waals surface area contributed by atoms with Gasteiger partial charge in [0, 0.05) is 18.2 Å². The number of nitrogens with one attached hydrogen (secondary N) is 1. The molecule has 1 aromatic carbocycles. The fraction of sp³-hybridized carbons (Fsp3) is 0.154. The third kappa shape index (κ3) is 3.42. The van der Waals surface area contributed by atoms with Gasteiger partial charge in [-0.25, -0.2) is 4.98 Å². The number of hydrogen-bond acceptors (Lipinski definition) is 4. The van der Waals surface area contributed by atoms with E-state index in [0.29, 0.717) is 17.3 Å². The number of anilines is 1. The maximum Gasteiger partial charge on any atom is 0.272 e. The second-order valence-corrected chi connectivity index (χ2v) is 4.49. The first-order valence-electron chi connectivity index (χ1n) is 5.65. The Morgan fingerprint density at radius 2 is 2.16 bits per heavy atom. The third-order valence-electron chi connectivity index (χ3n) is 2.69. The number of aryl methyl sites for hydroxylation is 1. The molecule has 0 spiro atoms. The predicted octanol–water partition coefficient (Wildman–Crippen LogP) is 3.56. The van der Waals surface area contributed by atoms with Crippen molar-refractivity contribution in [3.8, 4) is 0 Å². The van der Waals surface area contributed by atoms with Crippen molar-refractivity contribution < 1.29 is 4.92 Å². The Morgan fingerprint density at radius 1 is 1.37 bits per heavy atom. The van der Waals surface area contributed by atoms with E-state index in [1.807, 2.05) is 6.07 Å². The Morgan fingerprint density at radius 3 is 2.79 bits per heavy atom. The number of hydrogen-bond donors (Lipinski definition) is 1. The highest BCUT2D eigenvalue weighted by molar-refractivity contribution is 6.29. The SMILES string of the molecule is Cc1ccc(CNc2ccc(Cl)nc2)cc1[N+](=O)[O-]. The van der Waals surface area contributed by atoms with E-state index in [1.165, 1.54) is 0 Å². The van der Waals surface area contributed by atoms with Gasteiger partial charge in [-0.15, -0.1) is 0 Å². The summed E-state index contributed by atoms with van der Waals surface area (Å²) in [5, 5.41) is 14.4. The van der Waals surface area contributed by atoms with Crippen LogP contribution in [-0.4, -0.2) is 9.91 Å². The first kappa shape index (κ1) is 13.3. The quantitative estimate of drug-likeness (QED) is 0.527. The molecule has 1 heterocycles. The van der Waals surface area contributed by atoms with Gasteiger partial charge in [-0.1, -0.05) is 23.7 Å². The summed E-state index contributed by atoms with van der Waals surface area (Å²) >= 11 is 5.69. The number of aromatic nitrogens is 1. The summed E-state index contributed by atoms with van der Waals surface area (Å²) in [7, 11) is 0. The van der Waals surface area contributed by atoms with Crippen LogP contribution >= 0.6 is 11.6 Å². The normalized spacial score (nSPS) is 10.2. The van der Waals surface area contributed by atoms with E-state index >= 15 is 0 Å².